The topological polar surface area (TPSA) is 68.9 Å². The molecule has 0 aliphatic rings. The third-order valence-electron chi connectivity index (χ3n) is 3.77. The van der Waals surface area contributed by atoms with Gasteiger partial charge >= 0.3 is 0 Å². The number of aliphatic hydroxyl groups excluding tert-OH is 1. The first-order valence-electron chi connectivity index (χ1n) is 6.82. The summed E-state index contributed by atoms with van der Waals surface area (Å²) in [5.41, 5.74) is 1.88. The average molecular weight is 300 g/mol. The van der Waals surface area contributed by atoms with Gasteiger partial charge in [-0.3, -0.25) is 4.79 Å². The number of ether oxygens (including phenoxy) is 2. The van der Waals surface area contributed by atoms with Crippen LogP contribution >= 0.6 is 0 Å². The van der Waals surface area contributed by atoms with Crippen molar-refractivity contribution in [2.45, 2.75) is 13.5 Å². The van der Waals surface area contributed by atoms with Gasteiger partial charge in [-0.15, -0.1) is 0 Å². The average Bonchev–Trinajstić information content (AvgIpc) is 2.54. The van der Waals surface area contributed by atoms with Gasteiger partial charge in [-0.2, -0.15) is 0 Å². The largest absolute Gasteiger partial charge is 0.497 e. The molecule has 0 unspecified atom stereocenters. The van der Waals surface area contributed by atoms with Crippen LogP contribution < -0.4 is 14.9 Å². The highest BCUT2D eigenvalue weighted by Gasteiger charge is 2.17. The molecular formula is C17H16O5. The van der Waals surface area contributed by atoms with Gasteiger partial charge in [0.1, 0.15) is 11.3 Å². The lowest BCUT2D eigenvalue weighted by atomic mass is 10.0. The van der Waals surface area contributed by atoms with Crippen molar-refractivity contribution >= 4 is 21.9 Å². The van der Waals surface area contributed by atoms with Gasteiger partial charge in [-0.05, 0) is 30.7 Å². The zero-order chi connectivity index (χ0) is 15.9. The molecule has 3 aromatic rings. The van der Waals surface area contributed by atoms with Gasteiger partial charge in [0.2, 0.25) is 5.43 Å². The second-order valence-electron chi connectivity index (χ2n) is 5.04. The lowest BCUT2D eigenvalue weighted by Crippen LogP contribution is -2.06. The summed E-state index contributed by atoms with van der Waals surface area (Å²) in [6, 6.07) is 6.85. The van der Waals surface area contributed by atoms with Crippen LogP contribution in [-0.4, -0.2) is 19.3 Å². The predicted octanol–water partition coefficient (Wildman–Crippen LogP) is 2.76. The van der Waals surface area contributed by atoms with Gasteiger partial charge in [0.15, 0.2) is 11.3 Å². The number of hydrogen-bond acceptors (Lipinski definition) is 5. The zero-order valence-corrected chi connectivity index (χ0v) is 12.6. The molecule has 2 aromatic carbocycles. The molecule has 0 fully saturated rings. The molecule has 0 radical (unpaired) electrons. The van der Waals surface area contributed by atoms with E-state index in [9.17, 15) is 9.90 Å². The Hall–Kier alpha value is -2.53. The first kappa shape index (κ1) is 14.4. The Morgan fingerprint density at radius 3 is 2.55 bits per heavy atom. The Morgan fingerprint density at radius 2 is 1.91 bits per heavy atom. The van der Waals surface area contributed by atoms with Crippen LogP contribution in [0.5, 0.6) is 11.5 Å². The van der Waals surface area contributed by atoms with Crippen molar-refractivity contribution in [3.8, 4) is 11.5 Å². The van der Waals surface area contributed by atoms with Crippen LogP contribution in [0, 0.1) is 6.92 Å². The summed E-state index contributed by atoms with van der Waals surface area (Å²) in [5.74, 6) is 0.989. The first-order chi connectivity index (χ1) is 10.6. The minimum atomic E-state index is -0.254. The minimum Gasteiger partial charge on any atom is -0.497 e. The van der Waals surface area contributed by atoms with Gasteiger partial charge in [0, 0.05) is 5.56 Å². The molecule has 3 rings (SSSR count). The van der Waals surface area contributed by atoms with E-state index in [1.54, 1.807) is 18.2 Å². The summed E-state index contributed by atoms with van der Waals surface area (Å²) < 4.78 is 16.4. The normalized spacial score (nSPS) is 11.1. The smallest absolute Gasteiger partial charge is 0.201 e. The monoisotopic (exact) mass is 300 g/mol. The van der Waals surface area contributed by atoms with Crippen molar-refractivity contribution < 1.29 is 19.0 Å². The molecule has 0 aliphatic heterocycles. The molecule has 0 saturated heterocycles. The van der Waals surface area contributed by atoms with Crippen molar-refractivity contribution in [3.63, 3.8) is 0 Å². The highest BCUT2D eigenvalue weighted by molar-refractivity contribution is 5.95. The summed E-state index contributed by atoms with van der Waals surface area (Å²) in [6.07, 6.45) is 0. The van der Waals surface area contributed by atoms with E-state index in [0.29, 0.717) is 39.0 Å². The van der Waals surface area contributed by atoms with Crippen molar-refractivity contribution in [1.82, 2.24) is 0 Å². The van der Waals surface area contributed by atoms with E-state index in [1.807, 2.05) is 13.0 Å². The zero-order valence-electron chi connectivity index (χ0n) is 12.6. The second-order valence-corrected chi connectivity index (χ2v) is 5.04. The van der Waals surface area contributed by atoms with Crippen molar-refractivity contribution in [2.75, 3.05) is 14.2 Å². The summed E-state index contributed by atoms with van der Waals surface area (Å²) >= 11 is 0. The maximum atomic E-state index is 12.9. The molecule has 0 spiro atoms. The molecule has 0 amide bonds. The number of methoxy groups -OCH3 is 2. The van der Waals surface area contributed by atoms with Gasteiger partial charge in [0.25, 0.3) is 0 Å². The Morgan fingerprint density at radius 1 is 1.14 bits per heavy atom. The van der Waals surface area contributed by atoms with E-state index in [0.717, 1.165) is 5.56 Å². The summed E-state index contributed by atoms with van der Waals surface area (Å²) in [6.45, 7) is 1.59. The number of aryl methyl sites for hydroxylation is 1. The second kappa shape index (κ2) is 5.35. The van der Waals surface area contributed by atoms with Crippen molar-refractivity contribution in [3.05, 3.63) is 45.6 Å². The highest BCUT2D eigenvalue weighted by atomic mass is 16.5. The van der Waals surface area contributed by atoms with Crippen molar-refractivity contribution in [1.29, 1.82) is 0 Å². The maximum Gasteiger partial charge on any atom is 0.201 e. The lowest BCUT2D eigenvalue weighted by molar-refractivity contribution is 0.281. The van der Waals surface area contributed by atoms with Gasteiger partial charge < -0.3 is 19.0 Å². The van der Waals surface area contributed by atoms with Crippen LogP contribution in [0.25, 0.3) is 21.9 Å². The van der Waals surface area contributed by atoms with E-state index >= 15 is 0 Å². The highest BCUT2D eigenvalue weighted by Crippen LogP contribution is 2.32. The Kier molecular flexibility index (Phi) is 3.50. The number of benzene rings is 2. The molecule has 5 nitrogen and oxygen atoms in total. The molecular weight excluding hydrogens is 284 g/mol. The molecule has 22 heavy (non-hydrogen) atoms. The van der Waals surface area contributed by atoms with Crippen molar-refractivity contribution in [2.24, 2.45) is 0 Å². The Labute approximate surface area is 126 Å². The number of rotatable bonds is 3. The number of aliphatic hydroxyl groups is 1. The first-order valence-corrected chi connectivity index (χ1v) is 6.82. The van der Waals surface area contributed by atoms with Gasteiger partial charge in [-0.25, -0.2) is 0 Å². The molecule has 5 heteroatoms. The number of fused-ring (bicyclic) bond motifs is 2. The molecule has 114 valence electrons. The fourth-order valence-electron chi connectivity index (χ4n) is 2.63. The van der Waals surface area contributed by atoms with Gasteiger partial charge in [-0.1, -0.05) is 6.07 Å². The fourth-order valence-corrected chi connectivity index (χ4v) is 2.63. The van der Waals surface area contributed by atoms with Crippen LogP contribution in [-0.2, 0) is 6.61 Å². The maximum absolute atomic E-state index is 12.9. The lowest BCUT2D eigenvalue weighted by Gasteiger charge is -2.11. The van der Waals surface area contributed by atoms with Gasteiger partial charge in [0.05, 0.1) is 31.6 Å². The predicted molar refractivity (Wildman–Crippen MR) is 83.8 cm³/mol. The Bertz CT molecular complexity index is 924. The molecule has 1 N–H and O–H groups in total. The third kappa shape index (κ3) is 2.02. The molecule has 0 bridgehead atoms. The van der Waals surface area contributed by atoms with E-state index in [1.165, 1.54) is 14.2 Å². The SMILES string of the molecule is COc1cc(CO)c2oc3c(OC)ccc(C)c3c(=O)c2c1. The Balaban J connectivity index is 2.57. The van der Waals surface area contributed by atoms with Crippen LogP contribution in [0.1, 0.15) is 11.1 Å². The van der Waals surface area contributed by atoms with E-state index < -0.39 is 0 Å². The number of hydrogen-bond donors (Lipinski definition) is 1. The van der Waals surface area contributed by atoms with Crippen LogP contribution in [0.3, 0.4) is 0 Å². The molecule has 1 heterocycles. The fraction of sp³-hybridized carbons (Fsp3) is 0.235. The summed E-state index contributed by atoms with van der Waals surface area (Å²) in [7, 11) is 3.04. The van der Waals surface area contributed by atoms with Crippen LogP contribution in [0.4, 0.5) is 0 Å². The third-order valence-corrected chi connectivity index (χ3v) is 3.77. The quantitative estimate of drug-likeness (QED) is 0.753. The molecule has 0 saturated carbocycles. The minimum absolute atomic E-state index is 0.166. The summed E-state index contributed by atoms with van der Waals surface area (Å²) in [4.78, 5) is 12.9. The molecule has 0 atom stereocenters. The van der Waals surface area contributed by atoms with E-state index in [4.69, 9.17) is 13.9 Å². The standard InChI is InChI=1S/C17H16O5/c1-9-4-5-13(21-3)17-14(9)15(19)12-7-11(20-2)6-10(8-18)16(12)22-17/h4-7,18H,8H2,1-3H3. The van der Waals surface area contributed by atoms with Crippen LogP contribution in [0.15, 0.2) is 33.5 Å². The summed E-state index contributed by atoms with van der Waals surface area (Å²) in [5, 5.41) is 10.4. The molecule has 0 aliphatic carbocycles. The van der Waals surface area contributed by atoms with Crippen LogP contribution in [0.2, 0.25) is 0 Å². The van der Waals surface area contributed by atoms with E-state index in [2.05, 4.69) is 0 Å². The molecule has 1 aromatic heterocycles. The van der Waals surface area contributed by atoms with E-state index in [-0.39, 0.29) is 12.0 Å².